The van der Waals surface area contributed by atoms with E-state index < -0.39 is 49.7 Å². The lowest BCUT2D eigenvalue weighted by Gasteiger charge is -2.14. The zero-order valence-corrected chi connectivity index (χ0v) is 12.2. The molecule has 19 heavy (non-hydrogen) atoms. The van der Waals surface area contributed by atoms with Crippen molar-refractivity contribution < 1.29 is 41.1 Å². The van der Waals surface area contributed by atoms with Gasteiger partial charge in [-0.05, 0) is 0 Å². The summed E-state index contributed by atoms with van der Waals surface area (Å²) in [4.78, 5) is 32.7. The van der Waals surface area contributed by atoms with Gasteiger partial charge in [-0.25, -0.2) is 0 Å². The zero-order valence-electron chi connectivity index (χ0n) is 8.73. The normalized spacial score (nSPS) is 14.8. The van der Waals surface area contributed by atoms with Gasteiger partial charge in [0.05, 0.1) is 0 Å². The van der Waals surface area contributed by atoms with Crippen LogP contribution in [0.2, 0.25) is 0 Å². The number of aliphatic hydroxyl groups is 3. The lowest BCUT2D eigenvalue weighted by molar-refractivity contribution is -0.154. The van der Waals surface area contributed by atoms with Gasteiger partial charge in [-0.2, -0.15) is 0 Å². The molecule has 3 unspecified atom stereocenters. The molecule has 3 N–H and O–H groups in total. The van der Waals surface area contributed by atoms with E-state index in [1.165, 1.54) is 0 Å². The highest BCUT2D eigenvalue weighted by Gasteiger charge is 2.51. The number of hydrogen-bond donors (Lipinski definition) is 3. The third kappa shape index (κ3) is 7.76. The number of aliphatic hydroxyl groups excluding tert-OH is 3. The lowest BCUT2D eigenvalue weighted by atomic mass is 10.7. The fraction of sp³-hybridized carbons (Fsp3) is 0.500. The first kappa shape index (κ1) is 18.7. The number of carbonyl (C=O) groups excluding carboxylic acids is 3. The summed E-state index contributed by atoms with van der Waals surface area (Å²) in [6.45, 7) is 0. The maximum atomic E-state index is 10.9. The van der Waals surface area contributed by atoms with E-state index in [0.717, 1.165) is 0 Å². The predicted molar refractivity (Wildman–Crippen MR) is 59.6 cm³/mol. The Hall–Kier alpha value is -0.308. The summed E-state index contributed by atoms with van der Waals surface area (Å²) >= 11 is 11.0. The van der Waals surface area contributed by atoms with Gasteiger partial charge in [-0.15, -0.1) is 0 Å². The molecule has 0 aliphatic heterocycles. The Morgan fingerprint density at radius 1 is 0.737 bits per heavy atom. The molecule has 0 radical (unpaired) electrons. The molecule has 0 aromatic carbocycles. The second-order valence-electron chi connectivity index (χ2n) is 2.61. The predicted octanol–water partition coefficient (Wildman–Crippen LogP) is -1.73. The van der Waals surface area contributed by atoms with Crippen molar-refractivity contribution >= 4 is 67.9 Å². The smallest absolute Gasteiger partial charge is 0.548 e. The Morgan fingerprint density at radius 2 is 0.947 bits per heavy atom. The van der Waals surface area contributed by atoms with E-state index in [0.29, 0.717) is 0 Å². The van der Waals surface area contributed by atoms with E-state index in [9.17, 15) is 14.4 Å². The van der Waals surface area contributed by atoms with Gasteiger partial charge in [-0.3, -0.25) is 14.4 Å². The molecule has 0 rings (SSSR count). The maximum absolute atomic E-state index is 10.9. The molecule has 3 atom stereocenters. The number of rotatable bonds is 6. The van der Waals surface area contributed by atoms with Gasteiger partial charge in [0.15, 0.2) is 0 Å². The Balaban J connectivity index is 4.68. The fourth-order valence-electron chi connectivity index (χ4n) is 0.525. The van der Waals surface area contributed by atoms with Crippen molar-refractivity contribution in [3.8, 4) is 0 Å². The van der Waals surface area contributed by atoms with Crippen molar-refractivity contribution in [1.29, 1.82) is 0 Å². The number of alkyl halides is 3. The zero-order chi connectivity index (χ0) is 15.2. The van der Waals surface area contributed by atoms with Crippen molar-refractivity contribution in [2.75, 3.05) is 0 Å². The Morgan fingerprint density at radius 3 is 1.11 bits per heavy atom. The molecule has 0 amide bonds. The van der Waals surface area contributed by atoms with E-state index in [2.05, 4.69) is 11.4 Å². The average molecular weight is 355 g/mol. The molecule has 9 nitrogen and oxygen atoms in total. The van der Waals surface area contributed by atoms with Gasteiger partial charge in [-0.1, -0.05) is 34.8 Å². The quantitative estimate of drug-likeness (QED) is 0.374. The first-order chi connectivity index (χ1) is 8.65. The van der Waals surface area contributed by atoms with Crippen LogP contribution >= 0.6 is 34.8 Å². The topological polar surface area (TPSA) is 140 Å². The summed E-state index contributed by atoms with van der Waals surface area (Å²) < 4.78 is 12.7. The molecular weight excluding hydrogens is 349 g/mol. The molecular formula is C6H6AlCl3O9. The van der Waals surface area contributed by atoms with Crippen molar-refractivity contribution in [1.82, 2.24) is 0 Å². The van der Waals surface area contributed by atoms with Gasteiger partial charge in [0.1, 0.15) is 0 Å². The molecule has 13 heteroatoms. The second-order valence-corrected chi connectivity index (χ2v) is 5.13. The van der Waals surface area contributed by atoms with E-state index in [4.69, 9.17) is 50.1 Å². The summed E-state index contributed by atoms with van der Waals surface area (Å²) in [5.74, 6) is -4.44. The summed E-state index contributed by atoms with van der Waals surface area (Å²) in [5.41, 5.74) is -6.31. The molecule has 0 aliphatic carbocycles. The molecule has 0 spiro atoms. The summed E-state index contributed by atoms with van der Waals surface area (Å²) in [5, 5.41) is 25.9. The minimum absolute atomic E-state index is 1.48. The van der Waals surface area contributed by atoms with Crippen LogP contribution in [-0.4, -0.2) is 65.1 Å². The molecule has 0 saturated carbocycles. The van der Waals surface area contributed by atoms with Crippen molar-refractivity contribution in [3.63, 3.8) is 0 Å². The number of hydrogen-bond acceptors (Lipinski definition) is 9. The highest BCUT2D eigenvalue weighted by atomic mass is 35.5. The largest absolute Gasteiger partial charge is 1.20 e. The van der Waals surface area contributed by atoms with Crippen LogP contribution in [0.5, 0.6) is 0 Å². The van der Waals surface area contributed by atoms with Gasteiger partial charge in [0.25, 0.3) is 0 Å². The first-order valence-electron chi connectivity index (χ1n) is 4.23. The summed E-state index contributed by atoms with van der Waals surface area (Å²) in [6, 6.07) is 0. The molecule has 0 aliphatic rings. The molecule has 0 aromatic rings. The van der Waals surface area contributed by atoms with E-state index in [1.54, 1.807) is 0 Å². The van der Waals surface area contributed by atoms with Crippen LogP contribution < -0.4 is 0 Å². The van der Waals surface area contributed by atoms with Crippen LogP contribution in [0.1, 0.15) is 0 Å². The highest BCUT2D eigenvalue weighted by molar-refractivity contribution is 6.47. The van der Waals surface area contributed by atoms with Crippen LogP contribution in [-0.2, 0) is 25.7 Å². The molecule has 0 fully saturated rings. The maximum Gasteiger partial charge on any atom is 1.20 e. The second kappa shape index (κ2) is 8.78. The van der Waals surface area contributed by atoms with Gasteiger partial charge >= 0.3 is 33.1 Å². The van der Waals surface area contributed by atoms with Crippen molar-refractivity contribution in [3.05, 3.63) is 0 Å². The minimum Gasteiger partial charge on any atom is -0.548 e. The summed E-state index contributed by atoms with van der Waals surface area (Å²) in [6.07, 6.45) is 0. The third-order valence-electron chi connectivity index (χ3n) is 1.22. The Labute approximate surface area is 125 Å². The molecule has 108 valence electrons. The third-order valence-corrected chi connectivity index (χ3v) is 3.03. The van der Waals surface area contributed by atoms with Crippen LogP contribution in [0, 0.1) is 0 Å². The average Bonchev–Trinajstić information content (AvgIpc) is 2.27. The van der Waals surface area contributed by atoms with Crippen molar-refractivity contribution in [2.45, 2.75) is 16.7 Å². The lowest BCUT2D eigenvalue weighted by Crippen LogP contribution is -2.40. The van der Waals surface area contributed by atoms with Crippen LogP contribution in [0.25, 0.3) is 0 Å². The SMILES string of the molecule is O=C([O][Al]([O]C(=O)C(O)Cl)[O]C(=O)C(O)Cl)C(O)Cl. The fourth-order valence-corrected chi connectivity index (χ4v) is 2.04. The van der Waals surface area contributed by atoms with Gasteiger partial charge in [0.2, 0.25) is 16.7 Å². The molecule has 0 bridgehead atoms. The Kier molecular flexibility index (Phi) is 8.64. The van der Waals surface area contributed by atoms with Gasteiger partial charge in [0, 0.05) is 0 Å². The number of halogens is 3. The number of carbonyl (C=O) groups is 3. The van der Waals surface area contributed by atoms with Crippen LogP contribution in [0.15, 0.2) is 0 Å². The standard InChI is InChI=1S/3C2H3ClO3.Al/c3*3-1(4)2(5)6;/h3*1,4H,(H,5,6);/q;;;+3/p-3. The van der Waals surface area contributed by atoms with Gasteiger partial charge < -0.3 is 26.7 Å². The van der Waals surface area contributed by atoms with E-state index >= 15 is 0 Å². The van der Waals surface area contributed by atoms with E-state index in [1.807, 2.05) is 0 Å². The molecule has 0 aromatic heterocycles. The molecule has 0 saturated heterocycles. The minimum atomic E-state index is -3.86. The van der Waals surface area contributed by atoms with E-state index in [-0.39, 0.29) is 0 Å². The Bertz CT molecular complexity index is 295. The molecule has 0 heterocycles. The van der Waals surface area contributed by atoms with Crippen LogP contribution in [0.3, 0.4) is 0 Å². The van der Waals surface area contributed by atoms with Crippen molar-refractivity contribution in [2.24, 2.45) is 0 Å². The highest BCUT2D eigenvalue weighted by Crippen LogP contribution is 2.05. The first-order valence-corrected chi connectivity index (χ1v) is 6.95. The van der Waals surface area contributed by atoms with Crippen LogP contribution in [0.4, 0.5) is 0 Å². The summed E-state index contributed by atoms with van der Waals surface area (Å²) in [7, 11) is 0. The monoisotopic (exact) mass is 354 g/mol.